The number of halogens is 3. The molecule has 0 aromatic heterocycles. The molecule has 0 spiro atoms. The Hall–Kier alpha value is -0.640. The standard InChI is InChI=1S/C11H12Cl3NO2/c1-3-15-11(16)6(2)17-10-5-8(13)7(12)4-9(10)14/h4-6H,3H2,1-2H3,(H,15,16)/t6-/m0/s1. The van der Waals surface area contributed by atoms with E-state index >= 15 is 0 Å². The number of benzene rings is 1. The van der Waals surface area contributed by atoms with Gasteiger partial charge in [0.15, 0.2) is 6.10 Å². The number of carbonyl (C=O) groups is 1. The molecule has 6 heteroatoms. The molecule has 0 saturated carbocycles. The zero-order chi connectivity index (χ0) is 13.0. The Bertz CT molecular complexity index is 423. The molecule has 1 N–H and O–H groups in total. The Morgan fingerprint density at radius 1 is 1.29 bits per heavy atom. The minimum atomic E-state index is -0.648. The largest absolute Gasteiger partial charge is 0.479 e. The van der Waals surface area contributed by atoms with Crippen LogP contribution >= 0.6 is 34.8 Å². The quantitative estimate of drug-likeness (QED) is 0.863. The van der Waals surface area contributed by atoms with E-state index < -0.39 is 6.10 Å². The van der Waals surface area contributed by atoms with Gasteiger partial charge in [-0.05, 0) is 19.9 Å². The minimum absolute atomic E-state index is 0.213. The number of hydrogen-bond acceptors (Lipinski definition) is 2. The number of amides is 1. The van der Waals surface area contributed by atoms with Crippen molar-refractivity contribution in [2.75, 3.05) is 6.54 Å². The van der Waals surface area contributed by atoms with Crippen LogP contribution in [0.4, 0.5) is 0 Å². The molecule has 94 valence electrons. The predicted molar refractivity (Wildman–Crippen MR) is 70.2 cm³/mol. The molecular weight excluding hydrogens is 284 g/mol. The molecule has 0 aliphatic heterocycles. The highest BCUT2D eigenvalue weighted by atomic mass is 35.5. The molecule has 0 bridgehead atoms. The fourth-order valence-corrected chi connectivity index (χ4v) is 1.74. The summed E-state index contributed by atoms with van der Waals surface area (Å²) in [6.45, 7) is 4.00. The van der Waals surface area contributed by atoms with E-state index in [0.717, 1.165) is 0 Å². The maximum Gasteiger partial charge on any atom is 0.260 e. The van der Waals surface area contributed by atoms with Gasteiger partial charge in [-0.2, -0.15) is 0 Å². The number of carbonyl (C=O) groups excluding carboxylic acids is 1. The maximum atomic E-state index is 11.5. The van der Waals surface area contributed by atoms with Crippen LogP contribution in [0.5, 0.6) is 5.75 Å². The Morgan fingerprint density at radius 3 is 2.47 bits per heavy atom. The van der Waals surface area contributed by atoms with Crippen LogP contribution in [0.1, 0.15) is 13.8 Å². The third kappa shape index (κ3) is 3.95. The average molecular weight is 297 g/mol. The van der Waals surface area contributed by atoms with Crippen molar-refractivity contribution in [3.05, 3.63) is 27.2 Å². The van der Waals surface area contributed by atoms with Crippen molar-refractivity contribution >= 4 is 40.7 Å². The first-order chi connectivity index (χ1) is 7.95. The maximum absolute atomic E-state index is 11.5. The van der Waals surface area contributed by atoms with Gasteiger partial charge in [-0.15, -0.1) is 0 Å². The van der Waals surface area contributed by atoms with Crippen LogP contribution in [0, 0.1) is 0 Å². The molecule has 1 amide bonds. The van der Waals surface area contributed by atoms with E-state index in [2.05, 4.69) is 5.32 Å². The lowest BCUT2D eigenvalue weighted by Crippen LogP contribution is -2.36. The average Bonchev–Trinajstić information content (AvgIpc) is 2.26. The van der Waals surface area contributed by atoms with E-state index in [0.29, 0.717) is 27.4 Å². The fourth-order valence-electron chi connectivity index (χ4n) is 1.16. The highest BCUT2D eigenvalue weighted by Crippen LogP contribution is 2.34. The van der Waals surface area contributed by atoms with Crippen LogP contribution in [0.2, 0.25) is 15.1 Å². The molecule has 0 fully saturated rings. The molecular formula is C11H12Cl3NO2. The third-order valence-electron chi connectivity index (χ3n) is 2.00. The van der Waals surface area contributed by atoms with Gasteiger partial charge in [0.25, 0.3) is 5.91 Å². The summed E-state index contributed by atoms with van der Waals surface area (Å²) < 4.78 is 5.41. The Morgan fingerprint density at radius 2 is 1.88 bits per heavy atom. The Labute approximate surface area is 115 Å². The van der Waals surface area contributed by atoms with Crippen LogP contribution in [0.25, 0.3) is 0 Å². The molecule has 0 aliphatic carbocycles. The van der Waals surface area contributed by atoms with Crippen LogP contribution in [0.3, 0.4) is 0 Å². The van der Waals surface area contributed by atoms with Gasteiger partial charge < -0.3 is 10.1 Å². The Balaban J connectivity index is 2.81. The van der Waals surface area contributed by atoms with E-state index in [1.807, 2.05) is 6.92 Å². The zero-order valence-electron chi connectivity index (χ0n) is 9.39. The molecule has 1 aromatic rings. The van der Waals surface area contributed by atoms with Crippen molar-refractivity contribution in [2.45, 2.75) is 20.0 Å². The fraction of sp³-hybridized carbons (Fsp3) is 0.364. The number of rotatable bonds is 4. The molecule has 0 unspecified atom stereocenters. The molecule has 0 saturated heterocycles. The Kier molecular flexibility index (Phi) is 5.37. The van der Waals surface area contributed by atoms with Crippen molar-refractivity contribution in [1.82, 2.24) is 5.32 Å². The van der Waals surface area contributed by atoms with Crippen molar-refractivity contribution in [3.8, 4) is 5.75 Å². The topological polar surface area (TPSA) is 38.3 Å². The second kappa shape index (κ2) is 6.34. The summed E-state index contributed by atoms with van der Waals surface area (Å²) in [6, 6.07) is 2.97. The van der Waals surface area contributed by atoms with E-state index in [4.69, 9.17) is 39.5 Å². The summed E-state index contributed by atoms with van der Waals surface area (Å²) in [5, 5.41) is 3.63. The predicted octanol–water partition coefficient (Wildman–Crippen LogP) is 3.55. The van der Waals surface area contributed by atoms with Gasteiger partial charge in [0, 0.05) is 12.6 Å². The van der Waals surface area contributed by atoms with Gasteiger partial charge in [0.05, 0.1) is 15.1 Å². The van der Waals surface area contributed by atoms with Gasteiger partial charge in [0.2, 0.25) is 0 Å². The second-order valence-corrected chi connectivity index (χ2v) is 4.57. The summed E-state index contributed by atoms with van der Waals surface area (Å²) >= 11 is 17.5. The minimum Gasteiger partial charge on any atom is -0.479 e. The molecule has 1 aromatic carbocycles. The highest BCUT2D eigenvalue weighted by molar-refractivity contribution is 6.43. The summed E-state index contributed by atoms with van der Waals surface area (Å²) in [5.74, 6) is 0.120. The first-order valence-electron chi connectivity index (χ1n) is 5.04. The van der Waals surface area contributed by atoms with E-state index in [1.54, 1.807) is 6.92 Å². The lowest BCUT2D eigenvalue weighted by molar-refractivity contribution is -0.127. The molecule has 0 radical (unpaired) electrons. The van der Waals surface area contributed by atoms with Crippen molar-refractivity contribution in [2.24, 2.45) is 0 Å². The molecule has 1 atom stereocenters. The summed E-state index contributed by atoms with van der Waals surface area (Å²) in [7, 11) is 0. The van der Waals surface area contributed by atoms with Gasteiger partial charge in [-0.25, -0.2) is 0 Å². The first-order valence-corrected chi connectivity index (χ1v) is 6.18. The molecule has 1 rings (SSSR count). The SMILES string of the molecule is CCNC(=O)[C@H](C)Oc1cc(Cl)c(Cl)cc1Cl. The van der Waals surface area contributed by atoms with Gasteiger partial charge in [0.1, 0.15) is 5.75 Å². The van der Waals surface area contributed by atoms with Crippen LogP contribution in [-0.4, -0.2) is 18.6 Å². The molecule has 0 aliphatic rings. The summed E-state index contributed by atoms with van der Waals surface area (Å²) in [5.41, 5.74) is 0. The van der Waals surface area contributed by atoms with Crippen molar-refractivity contribution in [1.29, 1.82) is 0 Å². The number of ether oxygens (including phenoxy) is 1. The monoisotopic (exact) mass is 295 g/mol. The summed E-state index contributed by atoms with van der Waals surface area (Å²) in [6.07, 6.45) is -0.648. The van der Waals surface area contributed by atoms with E-state index in [1.165, 1.54) is 12.1 Å². The van der Waals surface area contributed by atoms with E-state index in [9.17, 15) is 4.79 Å². The number of nitrogens with one attached hydrogen (secondary N) is 1. The van der Waals surface area contributed by atoms with Gasteiger partial charge in [-0.1, -0.05) is 34.8 Å². The second-order valence-electron chi connectivity index (χ2n) is 3.35. The van der Waals surface area contributed by atoms with E-state index in [-0.39, 0.29) is 5.91 Å². The molecule has 0 heterocycles. The normalized spacial score (nSPS) is 12.1. The smallest absolute Gasteiger partial charge is 0.260 e. The van der Waals surface area contributed by atoms with Crippen molar-refractivity contribution < 1.29 is 9.53 Å². The van der Waals surface area contributed by atoms with Crippen LogP contribution in [0.15, 0.2) is 12.1 Å². The molecule has 3 nitrogen and oxygen atoms in total. The third-order valence-corrected chi connectivity index (χ3v) is 3.02. The number of likely N-dealkylation sites (N-methyl/N-ethyl adjacent to an activating group) is 1. The summed E-state index contributed by atoms with van der Waals surface area (Å²) in [4.78, 5) is 11.5. The lowest BCUT2D eigenvalue weighted by atomic mass is 10.3. The molecule has 17 heavy (non-hydrogen) atoms. The highest BCUT2D eigenvalue weighted by Gasteiger charge is 2.16. The van der Waals surface area contributed by atoms with Gasteiger partial charge in [-0.3, -0.25) is 4.79 Å². The van der Waals surface area contributed by atoms with Crippen molar-refractivity contribution in [3.63, 3.8) is 0 Å². The number of hydrogen-bond donors (Lipinski definition) is 1. The van der Waals surface area contributed by atoms with Gasteiger partial charge >= 0.3 is 0 Å². The lowest BCUT2D eigenvalue weighted by Gasteiger charge is -2.15. The van der Waals surface area contributed by atoms with Crippen LogP contribution in [-0.2, 0) is 4.79 Å². The zero-order valence-corrected chi connectivity index (χ0v) is 11.7. The first kappa shape index (κ1) is 14.4. The van der Waals surface area contributed by atoms with Crippen LogP contribution < -0.4 is 10.1 Å².